The van der Waals surface area contributed by atoms with Crippen molar-refractivity contribution in [2.24, 2.45) is 0 Å². The smallest absolute Gasteiger partial charge is 0.308 e. The quantitative estimate of drug-likeness (QED) is 0.480. The van der Waals surface area contributed by atoms with Crippen LogP contribution in [0.2, 0.25) is 0 Å². The van der Waals surface area contributed by atoms with Crippen LogP contribution in [0.15, 0.2) is 0 Å². The maximum Gasteiger partial charge on any atom is 0.308 e. The van der Waals surface area contributed by atoms with Crippen LogP contribution in [0.1, 0.15) is 77.6 Å². The van der Waals surface area contributed by atoms with Gasteiger partial charge in [0.05, 0.1) is 6.42 Å². The van der Waals surface area contributed by atoms with Gasteiger partial charge in [0.15, 0.2) is 0 Å². The summed E-state index contributed by atoms with van der Waals surface area (Å²) >= 11 is 0. The lowest BCUT2D eigenvalue weighted by Crippen LogP contribution is -2.20. The van der Waals surface area contributed by atoms with E-state index in [1.54, 1.807) is 0 Å². The number of ether oxygens (including phenoxy) is 1. The number of aliphatic hydroxyl groups excluding tert-OH is 1. The highest BCUT2D eigenvalue weighted by atomic mass is 16.6. The number of aliphatic hydroxyl groups is 1. The molecule has 0 aromatic rings. The normalized spacial score (nSPS) is 23.3. The van der Waals surface area contributed by atoms with Crippen LogP contribution in [0.5, 0.6) is 0 Å². The van der Waals surface area contributed by atoms with Crippen molar-refractivity contribution in [3.63, 3.8) is 0 Å². The number of rotatable bonds is 10. The van der Waals surface area contributed by atoms with Crippen molar-refractivity contribution in [1.82, 2.24) is 0 Å². The Balaban J connectivity index is 1.85. The molecule has 0 saturated carbocycles. The molecule has 0 spiro atoms. The topological polar surface area (TPSA) is 46.5 Å². The van der Waals surface area contributed by atoms with Crippen molar-refractivity contribution in [3.05, 3.63) is 0 Å². The average molecular weight is 256 g/mol. The van der Waals surface area contributed by atoms with Gasteiger partial charge in [-0.05, 0) is 12.8 Å². The summed E-state index contributed by atoms with van der Waals surface area (Å²) in [5, 5.41) is 9.54. The first-order chi connectivity index (χ1) is 8.74. The molecule has 1 heterocycles. The zero-order valence-corrected chi connectivity index (χ0v) is 11.7. The van der Waals surface area contributed by atoms with E-state index in [9.17, 15) is 9.90 Å². The molecule has 0 radical (unpaired) electrons. The molecule has 0 aromatic heterocycles. The van der Waals surface area contributed by atoms with E-state index in [-0.39, 0.29) is 18.5 Å². The Morgan fingerprint density at radius 3 is 2.11 bits per heavy atom. The highest BCUT2D eigenvalue weighted by molar-refractivity contribution is 5.72. The number of hydrogen-bond donors (Lipinski definition) is 1. The minimum Gasteiger partial charge on any atom is -0.460 e. The zero-order chi connectivity index (χ0) is 13.2. The molecule has 0 unspecified atom stereocenters. The third-order valence-corrected chi connectivity index (χ3v) is 3.68. The number of carbonyl (C=O) groups excluding carboxylic acids is 1. The predicted molar refractivity (Wildman–Crippen MR) is 72.3 cm³/mol. The zero-order valence-electron chi connectivity index (χ0n) is 11.7. The average Bonchev–Trinajstić information content (AvgIpc) is 2.66. The van der Waals surface area contributed by atoms with E-state index in [0.717, 1.165) is 12.8 Å². The summed E-state index contributed by atoms with van der Waals surface area (Å²) in [4.78, 5) is 10.9. The lowest BCUT2D eigenvalue weighted by molar-refractivity contribution is -0.142. The van der Waals surface area contributed by atoms with Gasteiger partial charge < -0.3 is 9.84 Å². The van der Waals surface area contributed by atoms with Crippen molar-refractivity contribution < 1.29 is 14.6 Å². The van der Waals surface area contributed by atoms with E-state index in [2.05, 4.69) is 6.92 Å². The fourth-order valence-corrected chi connectivity index (χ4v) is 2.51. The molecule has 1 saturated heterocycles. The van der Waals surface area contributed by atoms with Gasteiger partial charge in [-0.2, -0.15) is 0 Å². The number of cyclic esters (lactones) is 1. The maximum absolute atomic E-state index is 10.9. The van der Waals surface area contributed by atoms with Crippen molar-refractivity contribution in [3.8, 4) is 0 Å². The molecule has 3 heteroatoms. The van der Waals surface area contributed by atoms with E-state index < -0.39 is 6.10 Å². The van der Waals surface area contributed by atoms with Crippen LogP contribution >= 0.6 is 0 Å². The molecular weight excluding hydrogens is 228 g/mol. The molecule has 0 aliphatic carbocycles. The Labute approximate surface area is 111 Å². The molecule has 0 aromatic carbocycles. The van der Waals surface area contributed by atoms with Gasteiger partial charge >= 0.3 is 5.97 Å². The van der Waals surface area contributed by atoms with Gasteiger partial charge in [0, 0.05) is 0 Å². The summed E-state index contributed by atoms with van der Waals surface area (Å²) in [5.74, 6) is -0.247. The molecule has 3 nitrogen and oxygen atoms in total. The van der Waals surface area contributed by atoms with Crippen LogP contribution in [-0.4, -0.2) is 23.3 Å². The molecule has 1 rings (SSSR count). The van der Waals surface area contributed by atoms with Crippen LogP contribution in [0.4, 0.5) is 0 Å². The van der Waals surface area contributed by atoms with Crippen molar-refractivity contribution >= 4 is 5.97 Å². The Morgan fingerprint density at radius 2 is 1.61 bits per heavy atom. The van der Waals surface area contributed by atoms with E-state index in [1.165, 1.54) is 51.4 Å². The van der Waals surface area contributed by atoms with Crippen molar-refractivity contribution in [1.29, 1.82) is 0 Å². The van der Waals surface area contributed by atoms with Crippen LogP contribution in [0.3, 0.4) is 0 Å². The summed E-state index contributed by atoms with van der Waals surface area (Å²) in [7, 11) is 0. The first-order valence-corrected chi connectivity index (χ1v) is 7.61. The minimum atomic E-state index is -0.563. The number of unbranched alkanes of at least 4 members (excludes halogenated alkanes) is 8. The van der Waals surface area contributed by atoms with Gasteiger partial charge in [-0.1, -0.05) is 58.3 Å². The van der Waals surface area contributed by atoms with Gasteiger partial charge in [0.2, 0.25) is 0 Å². The molecule has 1 aliphatic heterocycles. The molecule has 2 atom stereocenters. The van der Waals surface area contributed by atoms with Crippen LogP contribution in [-0.2, 0) is 9.53 Å². The SMILES string of the molecule is CCCCCCCCCCC[C@H]1OC(=O)C[C@H]1O. The first kappa shape index (κ1) is 15.5. The van der Waals surface area contributed by atoms with Gasteiger partial charge in [-0.25, -0.2) is 0 Å². The van der Waals surface area contributed by atoms with E-state index >= 15 is 0 Å². The van der Waals surface area contributed by atoms with Crippen LogP contribution in [0.25, 0.3) is 0 Å². The molecule has 0 amide bonds. The highest BCUT2D eigenvalue weighted by Crippen LogP contribution is 2.20. The standard InChI is InChI=1S/C15H28O3/c1-2-3-4-5-6-7-8-9-10-11-14-13(16)12-15(17)18-14/h13-14,16H,2-12H2,1H3/t13-,14-/m1/s1. The Hall–Kier alpha value is -0.570. The lowest BCUT2D eigenvalue weighted by atomic mass is 10.0. The fourth-order valence-electron chi connectivity index (χ4n) is 2.51. The first-order valence-electron chi connectivity index (χ1n) is 7.61. The summed E-state index contributed by atoms with van der Waals surface area (Å²) in [5.41, 5.74) is 0. The van der Waals surface area contributed by atoms with Crippen molar-refractivity contribution in [2.45, 2.75) is 89.8 Å². The van der Waals surface area contributed by atoms with E-state index in [1.807, 2.05) is 0 Å². The third kappa shape index (κ3) is 6.39. The fraction of sp³-hybridized carbons (Fsp3) is 0.933. The number of carbonyl (C=O) groups is 1. The predicted octanol–water partition coefficient (Wildman–Crippen LogP) is 3.58. The van der Waals surface area contributed by atoms with Crippen LogP contribution < -0.4 is 0 Å². The molecular formula is C15H28O3. The summed E-state index contributed by atoms with van der Waals surface area (Å²) in [6.07, 6.45) is 11.8. The summed E-state index contributed by atoms with van der Waals surface area (Å²) < 4.78 is 5.06. The second-order valence-corrected chi connectivity index (χ2v) is 5.42. The lowest BCUT2D eigenvalue weighted by Gasteiger charge is -2.12. The minimum absolute atomic E-state index is 0.183. The molecule has 18 heavy (non-hydrogen) atoms. The number of esters is 1. The van der Waals surface area contributed by atoms with E-state index in [4.69, 9.17) is 4.74 Å². The van der Waals surface area contributed by atoms with Crippen LogP contribution in [0, 0.1) is 0 Å². The Bertz CT molecular complexity index is 228. The monoisotopic (exact) mass is 256 g/mol. The summed E-state index contributed by atoms with van der Waals surface area (Å²) in [6.45, 7) is 2.24. The Kier molecular flexibility index (Phi) is 8.06. The Morgan fingerprint density at radius 1 is 1.06 bits per heavy atom. The van der Waals surface area contributed by atoms with Gasteiger partial charge in [0.1, 0.15) is 12.2 Å². The molecule has 1 N–H and O–H groups in total. The third-order valence-electron chi connectivity index (χ3n) is 3.68. The van der Waals surface area contributed by atoms with Gasteiger partial charge in [-0.3, -0.25) is 4.79 Å². The van der Waals surface area contributed by atoms with E-state index in [0.29, 0.717) is 0 Å². The van der Waals surface area contributed by atoms with Gasteiger partial charge in [0.25, 0.3) is 0 Å². The maximum atomic E-state index is 10.9. The highest BCUT2D eigenvalue weighted by Gasteiger charge is 2.32. The van der Waals surface area contributed by atoms with Gasteiger partial charge in [-0.15, -0.1) is 0 Å². The van der Waals surface area contributed by atoms with Crippen molar-refractivity contribution in [2.75, 3.05) is 0 Å². The second kappa shape index (κ2) is 9.37. The molecule has 0 bridgehead atoms. The largest absolute Gasteiger partial charge is 0.460 e. The molecule has 106 valence electrons. The number of hydrogen-bond acceptors (Lipinski definition) is 3. The second-order valence-electron chi connectivity index (χ2n) is 5.42. The summed E-state index contributed by atoms with van der Waals surface area (Å²) in [6, 6.07) is 0. The molecule has 1 fully saturated rings. The molecule has 1 aliphatic rings.